The molecule has 1 heterocycles. The maximum absolute atomic E-state index is 12.3. The molecule has 0 spiro atoms. The van der Waals surface area contributed by atoms with Gasteiger partial charge in [-0.05, 0) is 67.4 Å². The van der Waals surface area contributed by atoms with Gasteiger partial charge in [0.2, 0.25) is 0 Å². The highest BCUT2D eigenvalue weighted by Crippen LogP contribution is 2.67. The van der Waals surface area contributed by atoms with Crippen LogP contribution >= 0.6 is 0 Å². The van der Waals surface area contributed by atoms with Crippen LogP contribution in [0.2, 0.25) is 36.3 Å². The Bertz CT molecular complexity index is 886. The van der Waals surface area contributed by atoms with Crippen LogP contribution in [0.4, 0.5) is 0 Å². The van der Waals surface area contributed by atoms with Crippen LogP contribution in [-0.2, 0) is 23.1 Å². The summed E-state index contributed by atoms with van der Waals surface area (Å²) in [7, 11) is -2.55. The zero-order valence-electron chi connectivity index (χ0n) is 25.8. The number of hydrogen-bond acceptors (Lipinski definition) is 6. The topological polar surface area (TPSA) is 69.7 Å². The fourth-order valence-electron chi connectivity index (χ4n) is 6.12. The fraction of sp³-hybridized carbons (Fsp3) is 0.931. The lowest BCUT2D eigenvalue weighted by atomic mass is 9.47. The van der Waals surface area contributed by atoms with Crippen LogP contribution in [0.15, 0.2) is 0 Å². The van der Waals surface area contributed by atoms with Crippen LogP contribution < -0.4 is 0 Å². The number of rotatable bonds is 8. The van der Waals surface area contributed by atoms with Gasteiger partial charge in [-0.25, -0.2) is 0 Å². The Morgan fingerprint density at radius 2 is 1.59 bits per heavy atom. The van der Waals surface area contributed by atoms with Gasteiger partial charge < -0.3 is 28.2 Å². The molecule has 37 heavy (non-hydrogen) atoms. The Hall–Kier alpha value is -0.246. The van der Waals surface area contributed by atoms with E-state index in [2.05, 4.69) is 80.6 Å². The number of methoxy groups -OCH3 is 1. The van der Waals surface area contributed by atoms with E-state index in [4.69, 9.17) is 29.5 Å². The molecular formula is C29H54O6Si2. The third-order valence-electron chi connectivity index (χ3n) is 10.9. The summed E-state index contributed by atoms with van der Waals surface area (Å²) >= 11 is 0. The third kappa shape index (κ3) is 5.17. The molecule has 3 fully saturated rings. The molecule has 6 nitrogen and oxygen atoms in total. The monoisotopic (exact) mass is 554 g/mol. The summed E-state index contributed by atoms with van der Waals surface area (Å²) in [6, 6.07) is 0. The molecule has 8 heteroatoms. The maximum atomic E-state index is 12.3. The lowest BCUT2D eigenvalue weighted by Crippen LogP contribution is -2.70. The number of hydrogen-bond donors (Lipinski definition) is 1. The lowest BCUT2D eigenvalue weighted by molar-refractivity contribution is -0.239. The van der Waals surface area contributed by atoms with Crippen LogP contribution in [0.1, 0.15) is 68.2 Å². The van der Waals surface area contributed by atoms with Crippen molar-refractivity contribution in [2.75, 3.05) is 20.5 Å². The van der Waals surface area contributed by atoms with Gasteiger partial charge in [0.15, 0.2) is 22.2 Å². The van der Waals surface area contributed by atoms with E-state index in [1.807, 2.05) is 6.92 Å². The van der Waals surface area contributed by atoms with Crippen molar-refractivity contribution >= 4 is 16.6 Å². The number of aliphatic hydroxyl groups is 1. The van der Waals surface area contributed by atoms with Gasteiger partial charge >= 0.3 is 0 Å². The molecule has 0 aromatic heterocycles. The largest absolute Gasteiger partial charge is 0.417 e. The summed E-state index contributed by atoms with van der Waals surface area (Å²) < 4.78 is 31.9. The Balaban J connectivity index is 2.10. The maximum Gasteiger partial charge on any atom is 0.192 e. The van der Waals surface area contributed by atoms with Gasteiger partial charge in [-0.2, -0.15) is 0 Å². The fourth-order valence-corrected chi connectivity index (χ4v) is 8.51. The molecule has 8 atom stereocenters. The van der Waals surface area contributed by atoms with Crippen molar-refractivity contribution < 1.29 is 28.2 Å². The molecule has 3 aliphatic rings. The van der Waals surface area contributed by atoms with Crippen LogP contribution in [-0.4, -0.2) is 71.8 Å². The van der Waals surface area contributed by atoms with Crippen molar-refractivity contribution in [2.24, 2.45) is 17.3 Å². The van der Waals surface area contributed by atoms with E-state index in [-0.39, 0.29) is 46.3 Å². The Morgan fingerprint density at radius 3 is 2.08 bits per heavy atom. The molecule has 0 radical (unpaired) electrons. The first kappa shape index (κ1) is 31.3. The predicted molar refractivity (Wildman–Crippen MR) is 153 cm³/mol. The van der Waals surface area contributed by atoms with E-state index >= 15 is 0 Å². The molecule has 0 aromatic carbocycles. The number of ether oxygens (including phenoxy) is 3. The minimum atomic E-state index is -2.17. The second kappa shape index (κ2) is 9.69. The van der Waals surface area contributed by atoms with Crippen molar-refractivity contribution in [2.45, 2.75) is 134 Å². The Kier molecular flexibility index (Phi) is 8.19. The van der Waals surface area contributed by atoms with Gasteiger partial charge in [-0.3, -0.25) is 0 Å². The highest BCUT2D eigenvalue weighted by Gasteiger charge is 2.78. The normalized spacial score (nSPS) is 40.5. The molecule has 0 unspecified atom stereocenters. The summed E-state index contributed by atoms with van der Waals surface area (Å²) in [4.78, 5) is 0. The van der Waals surface area contributed by atoms with E-state index < -0.39 is 33.9 Å². The minimum absolute atomic E-state index is 0.0261. The van der Waals surface area contributed by atoms with Gasteiger partial charge in [0, 0.05) is 19.6 Å². The van der Waals surface area contributed by atoms with E-state index in [0.29, 0.717) is 6.61 Å². The highest BCUT2D eigenvalue weighted by atomic mass is 28.4. The van der Waals surface area contributed by atoms with E-state index in [1.54, 1.807) is 7.11 Å². The van der Waals surface area contributed by atoms with Crippen molar-refractivity contribution in [3.05, 3.63) is 0 Å². The number of fused-ring (bicyclic) bond motifs is 2. The highest BCUT2D eigenvalue weighted by molar-refractivity contribution is 6.74. The van der Waals surface area contributed by atoms with E-state index in [0.717, 1.165) is 12.8 Å². The van der Waals surface area contributed by atoms with Crippen molar-refractivity contribution in [3.63, 3.8) is 0 Å². The predicted octanol–water partition coefficient (Wildman–Crippen LogP) is 5.96. The molecule has 1 N–H and O–H groups in total. The average Bonchev–Trinajstić information content (AvgIpc) is 3.41. The van der Waals surface area contributed by atoms with Crippen LogP contribution in [0.5, 0.6) is 0 Å². The third-order valence-corrected chi connectivity index (χ3v) is 19.9. The van der Waals surface area contributed by atoms with Crippen molar-refractivity contribution in [1.29, 1.82) is 0 Å². The summed E-state index contributed by atoms with van der Waals surface area (Å²) in [6.45, 7) is 27.6. The van der Waals surface area contributed by atoms with Gasteiger partial charge in [0.25, 0.3) is 0 Å². The first-order valence-electron chi connectivity index (χ1n) is 13.9. The molecule has 1 aliphatic heterocycles. The number of epoxide rings is 1. The SMILES string of the molecule is C#C[C@]1(O)[C@H]2[C@@H](OCOC)[C@@H](O[Si](C)(C)C(C)(C)C)C[C@H](CO[Si](C)(C)C(C)(C)C)[C@@]2(C)C[C@H]2O[C@]21C. The molecule has 0 amide bonds. The van der Waals surface area contributed by atoms with Gasteiger partial charge in [0.05, 0.1) is 18.3 Å². The van der Waals surface area contributed by atoms with Gasteiger partial charge in [-0.15, -0.1) is 6.42 Å². The molecule has 3 rings (SSSR count). The summed E-state index contributed by atoms with van der Waals surface area (Å²) in [5, 5.41) is 12.4. The Morgan fingerprint density at radius 1 is 1.03 bits per heavy atom. The zero-order valence-corrected chi connectivity index (χ0v) is 27.8. The second-order valence-electron chi connectivity index (χ2n) is 15.3. The van der Waals surface area contributed by atoms with Crippen LogP contribution in [0.25, 0.3) is 0 Å². The molecule has 1 saturated heterocycles. The Labute approximate surface area is 228 Å². The molecule has 2 aliphatic carbocycles. The van der Waals surface area contributed by atoms with Gasteiger partial charge in [0.1, 0.15) is 12.4 Å². The summed E-state index contributed by atoms with van der Waals surface area (Å²) in [5.74, 6) is 2.56. The molecule has 214 valence electrons. The molecule has 0 bridgehead atoms. The van der Waals surface area contributed by atoms with E-state index in [9.17, 15) is 5.11 Å². The van der Waals surface area contributed by atoms with Crippen LogP contribution in [0, 0.1) is 29.6 Å². The molecule has 2 saturated carbocycles. The molecule has 0 aromatic rings. The van der Waals surface area contributed by atoms with Gasteiger partial charge in [-0.1, -0.05) is 54.4 Å². The first-order valence-corrected chi connectivity index (χ1v) is 19.7. The van der Waals surface area contributed by atoms with Crippen LogP contribution in [0.3, 0.4) is 0 Å². The quantitative estimate of drug-likeness (QED) is 0.173. The zero-order chi connectivity index (χ0) is 28.5. The first-order chi connectivity index (χ1) is 16.6. The lowest BCUT2D eigenvalue weighted by Gasteiger charge is -2.61. The summed E-state index contributed by atoms with van der Waals surface area (Å²) in [5.41, 5.74) is -2.63. The average molecular weight is 555 g/mol. The van der Waals surface area contributed by atoms with Crippen molar-refractivity contribution in [1.82, 2.24) is 0 Å². The second-order valence-corrected chi connectivity index (χ2v) is 24.8. The standard InChI is InChI=1S/C29H54O6Si2/c1-15-29(30)24-23(32-19-31-10)21(35-37(13,14)26(5,6)7)16-20(18-33-36(11,12)25(2,3)4)27(24,8)17-22-28(29,9)34-22/h1,20-24,30H,16-19H2,2-14H3/t20-,21+,22-,23+,24+,27-,28-,29+/m1/s1. The summed E-state index contributed by atoms with van der Waals surface area (Å²) in [6.07, 6.45) is 7.02. The van der Waals surface area contributed by atoms with Crippen molar-refractivity contribution in [3.8, 4) is 12.3 Å². The number of terminal acetylenes is 1. The smallest absolute Gasteiger partial charge is 0.192 e. The van der Waals surface area contributed by atoms with E-state index in [1.165, 1.54) is 0 Å². The molecular weight excluding hydrogens is 500 g/mol. The minimum Gasteiger partial charge on any atom is -0.417 e.